The van der Waals surface area contributed by atoms with Crippen molar-refractivity contribution in [2.75, 3.05) is 5.32 Å². The molecule has 0 fully saturated rings. The Kier molecular flexibility index (Phi) is 3.59. The average molecular weight is 263 g/mol. The minimum Gasteiger partial charge on any atom is -0.324 e. The third kappa shape index (κ3) is 2.96. The van der Waals surface area contributed by atoms with E-state index in [-0.39, 0.29) is 23.4 Å². The van der Waals surface area contributed by atoms with Crippen molar-refractivity contribution >= 4 is 23.2 Å². The van der Waals surface area contributed by atoms with E-state index in [2.05, 4.69) is 15.8 Å². The summed E-state index contributed by atoms with van der Waals surface area (Å²) >= 11 is 0. The topological polar surface area (TPSA) is 70.6 Å². The lowest BCUT2D eigenvalue weighted by atomic mass is 9.94. The van der Waals surface area contributed by atoms with Crippen LogP contribution < -0.4 is 10.7 Å². The number of hydrogen-bond acceptors (Lipinski definition) is 3. The second kappa shape index (κ2) is 5.17. The zero-order valence-electron chi connectivity index (χ0n) is 10.7. The van der Waals surface area contributed by atoms with Crippen LogP contribution in [0.5, 0.6) is 0 Å². The summed E-state index contributed by atoms with van der Waals surface area (Å²) in [5, 5.41) is 6.35. The van der Waals surface area contributed by atoms with Gasteiger partial charge in [0, 0.05) is 24.8 Å². The van der Waals surface area contributed by atoms with Gasteiger partial charge in [0.2, 0.25) is 11.8 Å². The maximum absolute atomic E-state index is 13.8. The molecule has 1 aliphatic heterocycles. The predicted molar refractivity (Wildman–Crippen MR) is 69.2 cm³/mol. The number of hydrogen-bond donors (Lipinski definition) is 2. The molecule has 1 aromatic carbocycles. The number of anilines is 1. The molecule has 0 saturated carbocycles. The van der Waals surface area contributed by atoms with Crippen molar-refractivity contribution in [3.05, 3.63) is 29.6 Å². The number of nitrogens with one attached hydrogen (secondary N) is 2. The first kappa shape index (κ1) is 13.2. The summed E-state index contributed by atoms with van der Waals surface area (Å²) in [6.07, 6.45) is 0.327. The second-order valence-electron chi connectivity index (χ2n) is 4.51. The molecule has 0 bridgehead atoms. The van der Waals surface area contributed by atoms with Crippen LogP contribution in [0, 0.1) is 11.7 Å². The van der Waals surface area contributed by atoms with Gasteiger partial charge in [-0.1, -0.05) is 13.0 Å². The Bertz CT molecular complexity index is 569. The molecule has 1 atom stereocenters. The van der Waals surface area contributed by atoms with Crippen molar-refractivity contribution in [3.63, 3.8) is 0 Å². The van der Waals surface area contributed by atoms with E-state index in [1.165, 1.54) is 19.1 Å². The largest absolute Gasteiger partial charge is 0.324 e. The van der Waals surface area contributed by atoms with Gasteiger partial charge in [0.1, 0.15) is 5.82 Å². The molecule has 1 heterocycles. The van der Waals surface area contributed by atoms with Crippen LogP contribution in [0.15, 0.2) is 23.3 Å². The highest BCUT2D eigenvalue weighted by atomic mass is 19.1. The molecule has 2 amide bonds. The maximum atomic E-state index is 13.8. The monoisotopic (exact) mass is 263 g/mol. The summed E-state index contributed by atoms with van der Waals surface area (Å²) < 4.78 is 13.8. The lowest BCUT2D eigenvalue weighted by Gasteiger charge is -2.19. The van der Waals surface area contributed by atoms with Crippen LogP contribution >= 0.6 is 0 Å². The fourth-order valence-electron chi connectivity index (χ4n) is 1.97. The zero-order valence-corrected chi connectivity index (χ0v) is 10.7. The highest BCUT2D eigenvalue weighted by molar-refractivity contribution is 6.06. The first-order chi connectivity index (χ1) is 8.97. The summed E-state index contributed by atoms with van der Waals surface area (Å²) in [7, 11) is 0. The van der Waals surface area contributed by atoms with Crippen molar-refractivity contribution in [1.82, 2.24) is 5.43 Å². The molecule has 1 aliphatic rings. The van der Waals surface area contributed by atoms with Crippen molar-refractivity contribution in [1.29, 1.82) is 0 Å². The number of amides is 2. The van der Waals surface area contributed by atoms with Crippen LogP contribution in [0.25, 0.3) is 0 Å². The standard InChI is InChI=1S/C13H14FN3O2/c1-7-5-12(19)16-17-13(7)9-3-4-11(10(14)6-9)15-8(2)18/h3-4,6-7H,5H2,1-2H3,(H,15,18)(H,16,19)/t7-/m1/s1. The van der Waals surface area contributed by atoms with Gasteiger partial charge in [-0.2, -0.15) is 5.10 Å². The molecular weight excluding hydrogens is 249 g/mol. The Hall–Kier alpha value is -2.24. The van der Waals surface area contributed by atoms with Gasteiger partial charge < -0.3 is 5.32 Å². The van der Waals surface area contributed by atoms with E-state index in [1.807, 2.05) is 6.92 Å². The lowest BCUT2D eigenvalue weighted by molar-refractivity contribution is -0.122. The smallest absolute Gasteiger partial charge is 0.240 e. The van der Waals surface area contributed by atoms with Gasteiger partial charge in [-0.3, -0.25) is 9.59 Å². The quantitative estimate of drug-likeness (QED) is 0.851. The maximum Gasteiger partial charge on any atom is 0.240 e. The Labute approximate surface area is 109 Å². The van der Waals surface area contributed by atoms with Gasteiger partial charge in [-0.15, -0.1) is 0 Å². The zero-order chi connectivity index (χ0) is 14.0. The van der Waals surface area contributed by atoms with E-state index in [4.69, 9.17) is 0 Å². The highest BCUT2D eigenvalue weighted by Gasteiger charge is 2.22. The van der Waals surface area contributed by atoms with Crippen LogP contribution in [0.1, 0.15) is 25.8 Å². The Morgan fingerprint density at radius 2 is 2.26 bits per heavy atom. The van der Waals surface area contributed by atoms with Crippen molar-refractivity contribution in [3.8, 4) is 0 Å². The molecule has 0 aliphatic carbocycles. The number of benzene rings is 1. The average Bonchev–Trinajstić information content (AvgIpc) is 2.31. The molecule has 2 N–H and O–H groups in total. The van der Waals surface area contributed by atoms with Gasteiger partial charge in [-0.05, 0) is 12.1 Å². The van der Waals surface area contributed by atoms with Crippen LogP contribution in [0.2, 0.25) is 0 Å². The first-order valence-corrected chi connectivity index (χ1v) is 5.91. The number of nitrogens with zero attached hydrogens (tertiary/aromatic N) is 1. The summed E-state index contributed by atoms with van der Waals surface area (Å²) in [5.41, 5.74) is 3.74. The Balaban J connectivity index is 2.29. The lowest BCUT2D eigenvalue weighted by Crippen LogP contribution is -2.32. The van der Waals surface area contributed by atoms with Crippen molar-refractivity contribution < 1.29 is 14.0 Å². The molecule has 0 aromatic heterocycles. The molecule has 19 heavy (non-hydrogen) atoms. The normalized spacial score (nSPS) is 18.6. The number of rotatable bonds is 2. The molecule has 0 saturated heterocycles. The van der Waals surface area contributed by atoms with Crippen molar-refractivity contribution in [2.45, 2.75) is 20.3 Å². The molecule has 0 radical (unpaired) electrons. The fraction of sp³-hybridized carbons (Fsp3) is 0.308. The number of hydrazone groups is 1. The van der Waals surface area contributed by atoms with Gasteiger partial charge in [0.15, 0.2) is 0 Å². The third-order valence-electron chi connectivity index (χ3n) is 2.83. The summed E-state index contributed by atoms with van der Waals surface area (Å²) in [6, 6.07) is 4.46. The van der Waals surface area contributed by atoms with E-state index in [0.717, 1.165) is 0 Å². The van der Waals surface area contributed by atoms with E-state index in [0.29, 0.717) is 17.7 Å². The van der Waals surface area contributed by atoms with Crippen LogP contribution in [-0.2, 0) is 9.59 Å². The SMILES string of the molecule is CC(=O)Nc1ccc(C2=NNC(=O)C[C@H]2C)cc1F. The Morgan fingerprint density at radius 1 is 1.53 bits per heavy atom. The summed E-state index contributed by atoms with van der Waals surface area (Å²) in [5.74, 6) is -1.08. The van der Waals surface area contributed by atoms with Crippen LogP contribution in [0.4, 0.5) is 10.1 Å². The molecule has 6 heteroatoms. The minimum atomic E-state index is -0.528. The van der Waals surface area contributed by atoms with Gasteiger partial charge in [0.05, 0.1) is 11.4 Å². The van der Waals surface area contributed by atoms with Gasteiger partial charge in [0.25, 0.3) is 0 Å². The van der Waals surface area contributed by atoms with E-state index < -0.39 is 5.82 Å². The van der Waals surface area contributed by atoms with E-state index in [9.17, 15) is 14.0 Å². The molecule has 100 valence electrons. The van der Waals surface area contributed by atoms with E-state index in [1.54, 1.807) is 6.07 Å². The Morgan fingerprint density at radius 3 is 2.84 bits per heavy atom. The van der Waals surface area contributed by atoms with Crippen LogP contribution in [0.3, 0.4) is 0 Å². The first-order valence-electron chi connectivity index (χ1n) is 5.91. The second-order valence-corrected chi connectivity index (χ2v) is 4.51. The molecule has 0 spiro atoms. The van der Waals surface area contributed by atoms with Crippen molar-refractivity contribution in [2.24, 2.45) is 11.0 Å². The van der Waals surface area contributed by atoms with Gasteiger partial charge >= 0.3 is 0 Å². The minimum absolute atomic E-state index is 0.0697. The number of halogens is 1. The van der Waals surface area contributed by atoms with Gasteiger partial charge in [-0.25, -0.2) is 9.82 Å². The van der Waals surface area contributed by atoms with E-state index >= 15 is 0 Å². The molecular formula is C13H14FN3O2. The molecule has 2 rings (SSSR count). The highest BCUT2D eigenvalue weighted by Crippen LogP contribution is 2.21. The summed E-state index contributed by atoms with van der Waals surface area (Å²) in [4.78, 5) is 22.0. The summed E-state index contributed by atoms with van der Waals surface area (Å²) in [6.45, 7) is 3.17. The predicted octanol–water partition coefficient (Wildman–Crippen LogP) is 1.64. The molecule has 0 unspecified atom stereocenters. The van der Waals surface area contributed by atoms with Crippen LogP contribution in [-0.4, -0.2) is 17.5 Å². The number of carbonyl (C=O) groups is 2. The fourth-order valence-corrected chi connectivity index (χ4v) is 1.97. The number of carbonyl (C=O) groups excluding carboxylic acids is 2. The third-order valence-corrected chi connectivity index (χ3v) is 2.83. The molecule has 1 aromatic rings. The molecule has 5 nitrogen and oxygen atoms in total.